The van der Waals surface area contributed by atoms with Gasteiger partial charge in [0.2, 0.25) is 0 Å². The van der Waals surface area contributed by atoms with Crippen LogP contribution in [0.25, 0.3) is 0 Å². The van der Waals surface area contributed by atoms with Crippen LogP contribution in [0.4, 0.5) is 5.69 Å². The van der Waals surface area contributed by atoms with Crippen LogP contribution in [0, 0.1) is 0 Å². The van der Waals surface area contributed by atoms with E-state index >= 15 is 0 Å². The van der Waals surface area contributed by atoms with Crippen molar-refractivity contribution in [3.05, 3.63) is 64.7 Å². The summed E-state index contributed by atoms with van der Waals surface area (Å²) in [5.41, 5.74) is 3.98. The van der Waals surface area contributed by atoms with Crippen molar-refractivity contribution in [2.24, 2.45) is 0 Å². The number of rotatable bonds is 4. The third kappa shape index (κ3) is 2.97. The summed E-state index contributed by atoms with van der Waals surface area (Å²) in [6, 6.07) is 16.7. The van der Waals surface area contributed by atoms with Crippen LogP contribution in [-0.2, 0) is 6.54 Å². The first kappa shape index (κ1) is 13.5. The summed E-state index contributed by atoms with van der Waals surface area (Å²) in [6.07, 6.45) is 0. The largest absolute Gasteiger partial charge is 0.384 e. The Kier molecular flexibility index (Phi) is 3.95. The number of hydrogen-bond acceptors (Lipinski definition) is 2. The minimum atomic E-state index is 0.565. The van der Waals surface area contributed by atoms with Crippen LogP contribution in [0.5, 0.6) is 0 Å². The van der Waals surface area contributed by atoms with Crippen LogP contribution < -0.4 is 5.32 Å². The molecule has 3 rings (SSSR count). The average molecular weight is 287 g/mol. The van der Waals surface area contributed by atoms with Gasteiger partial charge in [-0.2, -0.15) is 0 Å². The maximum Gasteiger partial charge on any atom is 0.0409 e. The number of para-hydroxylation sites is 1. The van der Waals surface area contributed by atoms with E-state index in [1.165, 1.54) is 16.8 Å². The summed E-state index contributed by atoms with van der Waals surface area (Å²) in [5, 5.41) is 4.29. The van der Waals surface area contributed by atoms with E-state index in [1.807, 2.05) is 18.2 Å². The summed E-state index contributed by atoms with van der Waals surface area (Å²) in [4.78, 5) is 2.36. The van der Waals surface area contributed by atoms with E-state index in [0.29, 0.717) is 5.92 Å². The van der Waals surface area contributed by atoms with Gasteiger partial charge in [0.05, 0.1) is 0 Å². The first-order chi connectivity index (χ1) is 9.72. The molecule has 1 aliphatic heterocycles. The Hall–Kier alpha value is -1.51. The van der Waals surface area contributed by atoms with E-state index < -0.39 is 0 Å². The van der Waals surface area contributed by atoms with Crippen molar-refractivity contribution in [1.29, 1.82) is 0 Å². The molecule has 2 aromatic rings. The number of anilines is 1. The Morgan fingerprint density at radius 3 is 2.90 bits per heavy atom. The molecule has 2 aromatic carbocycles. The van der Waals surface area contributed by atoms with E-state index in [0.717, 1.165) is 24.7 Å². The zero-order valence-electron chi connectivity index (χ0n) is 11.6. The predicted octanol–water partition coefficient (Wildman–Crippen LogP) is 3.98. The fraction of sp³-hybridized carbons (Fsp3) is 0.294. The third-order valence-electron chi connectivity index (χ3n) is 3.81. The van der Waals surface area contributed by atoms with E-state index in [9.17, 15) is 0 Å². The number of likely N-dealkylation sites (N-methyl/N-ethyl adjacent to an activating group) is 1. The Morgan fingerprint density at radius 1 is 1.20 bits per heavy atom. The smallest absolute Gasteiger partial charge is 0.0409 e. The Labute approximate surface area is 125 Å². The molecular weight excluding hydrogens is 268 g/mol. The number of fused-ring (bicyclic) bond motifs is 1. The molecule has 0 aliphatic carbocycles. The van der Waals surface area contributed by atoms with Crippen molar-refractivity contribution in [3.8, 4) is 0 Å². The van der Waals surface area contributed by atoms with Crippen LogP contribution in [0.3, 0.4) is 0 Å². The summed E-state index contributed by atoms with van der Waals surface area (Å²) in [7, 11) is 2.17. The zero-order chi connectivity index (χ0) is 13.9. The lowest BCUT2D eigenvalue weighted by atomic mass is 10.0. The molecule has 0 radical (unpaired) electrons. The summed E-state index contributed by atoms with van der Waals surface area (Å²) in [5.74, 6) is 0.565. The van der Waals surface area contributed by atoms with Crippen LogP contribution in [0.2, 0.25) is 5.02 Å². The van der Waals surface area contributed by atoms with Gasteiger partial charge in [-0.05, 0) is 36.4 Å². The molecule has 1 N–H and O–H groups in total. The SMILES string of the molecule is CN(Cc1cccc(Cl)c1)CC1CNc2ccccc21. The van der Waals surface area contributed by atoms with Gasteiger partial charge in [-0.3, -0.25) is 0 Å². The molecule has 1 unspecified atom stereocenters. The molecule has 0 amide bonds. The molecule has 1 aliphatic rings. The van der Waals surface area contributed by atoms with Crippen molar-refractivity contribution >= 4 is 17.3 Å². The second-order valence-corrected chi connectivity index (χ2v) is 5.93. The molecule has 0 saturated heterocycles. The highest BCUT2D eigenvalue weighted by molar-refractivity contribution is 6.30. The van der Waals surface area contributed by atoms with Crippen LogP contribution >= 0.6 is 11.6 Å². The molecule has 0 aromatic heterocycles. The second-order valence-electron chi connectivity index (χ2n) is 5.49. The lowest BCUT2D eigenvalue weighted by Crippen LogP contribution is -2.25. The van der Waals surface area contributed by atoms with E-state index in [2.05, 4.69) is 47.6 Å². The van der Waals surface area contributed by atoms with Gasteiger partial charge in [0.1, 0.15) is 0 Å². The number of halogens is 1. The Morgan fingerprint density at radius 2 is 2.05 bits per heavy atom. The van der Waals surface area contributed by atoms with Gasteiger partial charge in [-0.1, -0.05) is 41.9 Å². The van der Waals surface area contributed by atoms with Crippen molar-refractivity contribution in [2.75, 3.05) is 25.5 Å². The monoisotopic (exact) mass is 286 g/mol. The Balaban J connectivity index is 1.64. The summed E-state index contributed by atoms with van der Waals surface area (Å²) >= 11 is 6.04. The number of nitrogens with one attached hydrogen (secondary N) is 1. The predicted molar refractivity (Wildman–Crippen MR) is 85.5 cm³/mol. The summed E-state index contributed by atoms with van der Waals surface area (Å²) < 4.78 is 0. The molecule has 0 bridgehead atoms. The van der Waals surface area contributed by atoms with Crippen molar-refractivity contribution in [1.82, 2.24) is 4.90 Å². The first-order valence-electron chi connectivity index (χ1n) is 6.98. The van der Waals surface area contributed by atoms with Gasteiger partial charge in [0.15, 0.2) is 0 Å². The molecule has 2 nitrogen and oxygen atoms in total. The van der Waals surface area contributed by atoms with Crippen molar-refractivity contribution in [3.63, 3.8) is 0 Å². The first-order valence-corrected chi connectivity index (χ1v) is 7.36. The normalized spacial score (nSPS) is 17.1. The zero-order valence-corrected chi connectivity index (χ0v) is 12.4. The van der Waals surface area contributed by atoms with Crippen molar-refractivity contribution < 1.29 is 0 Å². The van der Waals surface area contributed by atoms with E-state index in [-0.39, 0.29) is 0 Å². The van der Waals surface area contributed by atoms with Crippen molar-refractivity contribution in [2.45, 2.75) is 12.5 Å². The highest BCUT2D eigenvalue weighted by Crippen LogP contribution is 2.31. The van der Waals surface area contributed by atoms with Gasteiger partial charge in [0, 0.05) is 36.3 Å². The fourth-order valence-corrected chi connectivity index (χ4v) is 3.12. The minimum Gasteiger partial charge on any atom is -0.384 e. The van der Waals surface area contributed by atoms with Gasteiger partial charge in [-0.15, -0.1) is 0 Å². The number of nitrogens with zero attached hydrogens (tertiary/aromatic N) is 1. The lowest BCUT2D eigenvalue weighted by Gasteiger charge is -2.21. The molecule has 20 heavy (non-hydrogen) atoms. The van der Waals surface area contributed by atoms with Crippen LogP contribution in [-0.4, -0.2) is 25.0 Å². The maximum absolute atomic E-state index is 6.04. The molecule has 0 spiro atoms. The Bertz CT molecular complexity index is 597. The number of benzene rings is 2. The highest BCUT2D eigenvalue weighted by Gasteiger charge is 2.22. The van der Waals surface area contributed by atoms with Gasteiger partial charge < -0.3 is 10.2 Å². The molecule has 0 fully saturated rings. The minimum absolute atomic E-state index is 0.565. The van der Waals surface area contributed by atoms with Crippen LogP contribution in [0.1, 0.15) is 17.0 Å². The van der Waals surface area contributed by atoms with Gasteiger partial charge in [0.25, 0.3) is 0 Å². The lowest BCUT2D eigenvalue weighted by molar-refractivity contribution is 0.309. The molecule has 0 saturated carbocycles. The van der Waals surface area contributed by atoms with Gasteiger partial charge >= 0.3 is 0 Å². The number of hydrogen-bond donors (Lipinski definition) is 1. The average Bonchev–Trinajstić information content (AvgIpc) is 2.82. The maximum atomic E-state index is 6.04. The van der Waals surface area contributed by atoms with E-state index in [1.54, 1.807) is 0 Å². The standard InChI is InChI=1S/C17H19ClN2/c1-20(11-13-5-4-6-15(18)9-13)12-14-10-19-17-8-3-2-7-16(14)17/h2-9,14,19H,10-12H2,1H3. The molecule has 1 heterocycles. The van der Waals surface area contributed by atoms with Crippen LogP contribution in [0.15, 0.2) is 48.5 Å². The molecule has 104 valence electrons. The second kappa shape index (κ2) is 5.86. The highest BCUT2D eigenvalue weighted by atomic mass is 35.5. The third-order valence-corrected chi connectivity index (χ3v) is 4.05. The quantitative estimate of drug-likeness (QED) is 0.914. The van der Waals surface area contributed by atoms with E-state index in [4.69, 9.17) is 11.6 Å². The molecule has 3 heteroatoms. The topological polar surface area (TPSA) is 15.3 Å². The van der Waals surface area contributed by atoms with Gasteiger partial charge in [-0.25, -0.2) is 0 Å². The molecule has 1 atom stereocenters. The molecular formula is C17H19ClN2. The summed E-state index contributed by atoms with van der Waals surface area (Å²) in [6.45, 7) is 3.01. The fourth-order valence-electron chi connectivity index (χ4n) is 2.91.